The van der Waals surface area contributed by atoms with Crippen LogP contribution in [0.1, 0.15) is 28.3 Å². The fraction of sp³-hybridized carbons (Fsp3) is 0.412. The Bertz CT molecular complexity index is 733. The van der Waals surface area contributed by atoms with Gasteiger partial charge in [0.1, 0.15) is 17.0 Å². The molecular formula is C17H20N4O2S. The quantitative estimate of drug-likeness (QED) is 0.794. The maximum absolute atomic E-state index is 12.7. The maximum Gasteiger partial charge on any atom is 0.256 e. The van der Waals surface area contributed by atoms with Crippen molar-refractivity contribution in [1.29, 1.82) is 0 Å². The Morgan fingerprint density at radius 1 is 1.38 bits per heavy atom. The van der Waals surface area contributed by atoms with Gasteiger partial charge in [0.05, 0.1) is 12.1 Å². The smallest absolute Gasteiger partial charge is 0.256 e. The fourth-order valence-corrected chi connectivity index (χ4v) is 3.35. The van der Waals surface area contributed by atoms with E-state index in [1.165, 1.54) is 11.8 Å². The lowest BCUT2D eigenvalue weighted by Gasteiger charge is -2.18. The third-order valence-electron chi connectivity index (χ3n) is 3.86. The molecule has 0 N–H and O–H groups in total. The zero-order valence-corrected chi connectivity index (χ0v) is 14.8. The van der Waals surface area contributed by atoms with Crippen LogP contribution in [-0.2, 0) is 0 Å². The molecule has 7 heteroatoms. The lowest BCUT2D eigenvalue weighted by atomic mass is 10.2. The predicted octanol–water partition coefficient (Wildman–Crippen LogP) is 2.50. The highest BCUT2D eigenvalue weighted by Gasteiger charge is 2.29. The Hall–Kier alpha value is -2.15. The number of carbonyl (C=O) groups excluding carboxylic acids is 1. The average molecular weight is 344 g/mol. The van der Waals surface area contributed by atoms with E-state index in [0.29, 0.717) is 30.4 Å². The predicted molar refractivity (Wildman–Crippen MR) is 92.5 cm³/mol. The van der Waals surface area contributed by atoms with Crippen LogP contribution in [0.3, 0.4) is 0 Å². The van der Waals surface area contributed by atoms with Crippen molar-refractivity contribution in [3.63, 3.8) is 0 Å². The molecule has 6 nitrogen and oxygen atoms in total. The minimum atomic E-state index is -0.0444. The second kappa shape index (κ2) is 7.17. The Morgan fingerprint density at radius 3 is 2.96 bits per heavy atom. The largest absolute Gasteiger partial charge is 0.472 e. The van der Waals surface area contributed by atoms with E-state index in [9.17, 15) is 4.79 Å². The van der Waals surface area contributed by atoms with Crippen molar-refractivity contribution in [3.8, 4) is 5.88 Å². The van der Waals surface area contributed by atoms with Crippen LogP contribution in [0.15, 0.2) is 29.4 Å². The third-order valence-corrected chi connectivity index (χ3v) is 4.57. The van der Waals surface area contributed by atoms with Crippen LogP contribution in [-0.4, -0.2) is 51.2 Å². The number of aryl methyl sites for hydroxylation is 2. The first kappa shape index (κ1) is 16.7. The number of aromatic nitrogens is 3. The lowest BCUT2D eigenvalue weighted by molar-refractivity contribution is 0.0767. The van der Waals surface area contributed by atoms with E-state index in [1.807, 2.05) is 37.1 Å². The van der Waals surface area contributed by atoms with E-state index in [4.69, 9.17) is 4.74 Å². The molecule has 0 bridgehead atoms. The van der Waals surface area contributed by atoms with Crippen molar-refractivity contribution in [2.24, 2.45) is 0 Å². The summed E-state index contributed by atoms with van der Waals surface area (Å²) in [6.45, 7) is 4.99. The van der Waals surface area contributed by atoms with Gasteiger partial charge in [-0.05, 0) is 32.2 Å². The summed E-state index contributed by atoms with van der Waals surface area (Å²) in [5, 5.41) is 0.758. The van der Waals surface area contributed by atoms with Gasteiger partial charge >= 0.3 is 0 Å². The molecule has 1 atom stereocenters. The molecule has 1 aliphatic rings. The van der Waals surface area contributed by atoms with E-state index in [0.717, 1.165) is 17.1 Å². The summed E-state index contributed by atoms with van der Waals surface area (Å²) in [6, 6.07) is 5.44. The summed E-state index contributed by atoms with van der Waals surface area (Å²) in [5.41, 5.74) is 1.53. The number of nitrogens with zero attached hydrogens (tertiary/aromatic N) is 4. The van der Waals surface area contributed by atoms with Crippen LogP contribution in [0.5, 0.6) is 5.88 Å². The van der Waals surface area contributed by atoms with Gasteiger partial charge in [0.15, 0.2) is 0 Å². The Morgan fingerprint density at radius 2 is 2.21 bits per heavy atom. The van der Waals surface area contributed by atoms with Crippen molar-refractivity contribution >= 4 is 17.7 Å². The van der Waals surface area contributed by atoms with E-state index in [-0.39, 0.29) is 12.0 Å². The van der Waals surface area contributed by atoms with Crippen LogP contribution in [0.2, 0.25) is 0 Å². The molecule has 3 heterocycles. The minimum absolute atomic E-state index is 0.00796. The van der Waals surface area contributed by atoms with Gasteiger partial charge in [-0.2, -0.15) is 4.98 Å². The van der Waals surface area contributed by atoms with Gasteiger partial charge in [0.2, 0.25) is 5.88 Å². The number of thioether (sulfide) groups is 1. The first-order valence-electron chi connectivity index (χ1n) is 7.84. The molecule has 0 spiro atoms. The molecule has 2 aromatic heterocycles. The molecule has 126 valence electrons. The molecule has 3 rings (SSSR count). The second-order valence-corrected chi connectivity index (χ2v) is 6.53. The summed E-state index contributed by atoms with van der Waals surface area (Å²) < 4.78 is 5.94. The standard InChI is InChI=1S/C17H20N4O2S/c1-11-9-15(20-12(2)19-11)23-13-6-8-21(10-13)17(22)14-5-4-7-18-16(14)24-3/h4-5,7,9,13H,6,8,10H2,1-3H3. The highest BCUT2D eigenvalue weighted by Crippen LogP contribution is 2.23. The zero-order valence-electron chi connectivity index (χ0n) is 14.0. The molecule has 1 fully saturated rings. The molecule has 1 amide bonds. The molecule has 2 aromatic rings. The average Bonchev–Trinajstić information content (AvgIpc) is 3.01. The highest BCUT2D eigenvalue weighted by atomic mass is 32.2. The third kappa shape index (κ3) is 3.67. The summed E-state index contributed by atoms with van der Waals surface area (Å²) >= 11 is 1.48. The number of amides is 1. The van der Waals surface area contributed by atoms with Crippen LogP contribution in [0.25, 0.3) is 0 Å². The topological polar surface area (TPSA) is 68.2 Å². The summed E-state index contributed by atoms with van der Waals surface area (Å²) in [6.07, 6.45) is 4.38. The molecule has 0 radical (unpaired) electrons. The van der Waals surface area contributed by atoms with E-state index < -0.39 is 0 Å². The van der Waals surface area contributed by atoms with Gasteiger partial charge in [-0.3, -0.25) is 4.79 Å². The number of rotatable bonds is 4. The van der Waals surface area contributed by atoms with Gasteiger partial charge in [-0.15, -0.1) is 11.8 Å². The fourth-order valence-electron chi connectivity index (χ4n) is 2.81. The number of hydrogen-bond acceptors (Lipinski definition) is 6. The molecule has 1 unspecified atom stereocenters. The van der Waals surface area contributed by atoms with Gasteiger partial charge in [-0.1, -0.05) is 0 Å². The SMILES string of the molecule is CSc1ncccc1C(=O)N1CCC(Oc2cc(C)nc(C)n2)C1. The molecule has 0 aromatic carbocycles. The van der Waals surface area contributed by atoms with Crippen molar-refractivity contribution in [2.45, 2.75) is 31.4 Å². The van der Waals surface area contributed by atoms with Crippen LogP contribution in [0.4, 0.5) is 0 Å². The van der Waals surface area contributed by atoms with Gasteiger partial charge in [0, 0.05) is 30.9 Å². The monoisotopic (exact) mass is 344 g/mol. The Labute approximate surface area is 145 Å². The summed E-state index contributed by atoms with van der Waals surface area (Å²) in [4.78, 5) is 27.4. The Balaban J connectivity index is 1.67. The van der Waals surface area contributed by atoms with Crippen molar-refractivity contribution in [2.75, 3.05) is 19.3 Å². The van der Waals surface area contributed by atoms with E-state index >= 15 is 0 Å². The number of carbonyl (C=O) groups is 1. The molecule has 1 saturated heterocycles. The summed E-state index contributed by atoms with van der Waals surface area (Å²) in [5.74, 6) is 1.27. The van der Waals surface area contributed by atoms with E-state index in [2.05, 4.69) is 15.0 Å². The van der Waals surface area contributed by atoms with E-state index in [1.54, 1.807) is 12.3 Å². The van der Waals surface area contributed by atoms with Crippen LogP contribution < -0.4 is 4.74 Å². The lowest BCUT2D eigenvalue weighted by Crippen LogP contribution is -2.31. The minimum Gasteiger partial charge on any atom is -0.472 e. The number of pyridine rings is 1. The second-order valence-electron chi connectivity index (χ2n) is 5.73. The first-order chi connectivity index (χ1) is 11.6. The number of hydrogen-bond donors (Lipinski definition) is 0. The molecular weight excluding hydrogens is 324 g/mol. The number of ether oxygens (including phenoxy) is 1. The molecule has 1 aliphatic heterocycles. The van der Waals surface area contributed by atoms with Crippen molar-refractivity contribution in [1.82, 2.24) is 19.9 Å². The van der Waals surface area contributed by atoms with Gasteiger partial charge < -0.3 is 9.64 Å². The van der Waals surface area contributed by atoms with Crippen molar-refractivity contribution in [3.05, 3.63) is 41.5 Å². The normalized spacial score (nSPS) is 17.1. The first-order valence-corrected chi connectivity index (χ1v) is 9.06. The van der Waals surface area contributed by atoms with Gasteiger partial charge in [0.25, 0.3) is 5.91 Å². The molecule has 24 heavy (non-hydrogen) atoms. The molecule has 0 saturated carbocycles. The number of likely N-dealkylation sites (tertiary alicyclic amines) is 1. The zero-order chi connectivity index (χ0) is 17.1. The van der Waals surface area contributed by atoms with Gasteiger partial charge in [-0.25, -0.2) is 9.97 Å². The molecule has 0 aliphatic carbocycles. The summed E-state index contributed by atoms with van der Waals surface area (Å²) in [7, 11) is 0. The Kier molecular flexibility index (Phi) is 4.99. The van der Waals surface area contributed by atoms with Crippen LogP contribution >= 0.6 is 11.8 Å². The van der Waals surface area contributed by atoms with Crippen molar-refractivity contribution < 1.29 is 9.53 Å². The maximum atomic E-state index is 12.7. The van der Waals surface area contributed by atoms with Crippen LogP contribution in [0, 0.1) is 13.8 Å². The highest BCUT2D eigenvalue weighted by molar-refractivity contribution is 7.98.